The monoisotopic (exact) mass is 347 g/mol. The quantitative estimate of drug-likeness (QED) is 0.846. The zero-order chi connectivity index (χ0) is 18.0. The Kier molecular flexibility index (Phi) is 5.13. The number of carbonyl (C=O) groups is 2. The predicted molar refractivity (Wildman–Crippen MR) is 92.5 cm³/mol. The van der Waals surface area contributed by atoms with E-state index in [1.807, 2.05) is 23.1 Å². The Morgan fingerprint density at radius 1 is 1.24 bits per heavy atom. The molecule has 2 saturated heterocycles. The van der Waals surface area contributed by atoms with Crippen molar-refractivity contribution in [2.24, 2.45) is 0 Å². The van der Waals surface area contributed by atoms with Crippen molar-refractivity contribution in [3.8, 4) is 11.5 Å². The van der Waals surface area contributed by atoms with Crippen LogP contribution in [0.15, 0.2) is 18.2 Å². The number of hydrogen-bond donors (Lipinski definition) is 1. The van der Waals surface area contributed by atoms with Crippen molar-refractivity contribution in [3.05, 3.63) is 23.8 Å². The minimum atomic E-state index is -0.0421. The van der Waals surface area contributed by atoms with Crippen LogP contribution < -0.4 is 14.8 Å². The van der Waals surface area contributed by atoms with Gasteiger partial charge >= 0.3 is 0 Å². The van der Waals surface area contributed by atoms with Crippen LogP contribution in [0.1, 0.15) is 18.9 Å². The first-order valence-electron chi connectivity index (χ1n) is 8.50. The smallest absolute Gasteiger partial charge is 0.237 e. The molecule has 3 rings (SSSR count). The molecule has 2 heterocycles. The summed E-state index contributed by atoms with van der Waals surface area (Å²) in [5.74, 6) is 1.47. The van der Waals surface area contributed by atoms with E-state index < -0.39 is 0 Å². The minimum Gasteiger partial charge on any atom is -0.493 e. The first kappa shape index (κ1) is 17.5. The average molecular weight is 347 g/mol. The van der Waals surface area contributed by atoms with Gasteiger partial charge in [-0.05, 0) is 24.1 Å². The molecule has 2 fully saturated rings. The van der Waals surface area contributed by atoms with Gasteiger partial charge < -0.3 is 19.7 Å². The molecule has 136 valence electrons. The van der Waals surface area contributed by atoms with Gasteiger partial charge in [-0.15, -0.1) is 0 Å². The topological polar surface area (TPSA) is 71.1 Å². The van der Waals surface area contributed by atoms with E-state index >= 15 is 0 Å². The fraction of sp³-hybridized carbons (Fsp3) is 0.556. The molecule has 2 unspecified atom stereocenters. The van der Waals surface area contributed by atoms with Crippen molar-refractivity contribution >= 4 is 11.8 Å². The van der Waals surface area contributed by atoms with Crippen LogP contribution in [0.25, 0.3) is 0 Å². The number of nitrogens with zero attached hydrogens (tertiary/aromatic N) is 2. The summed E-state index contributed by atoms with van der Waals surface area (Å²) < 4.78 is 10.6. The van der Waals surface area contributed by atoms with Gasteiger partial charge in [0.25, 0.3) is 0 Å². The molecule has 0 saturated carbocycles. The lowest BCUT2D eigenvalue weighted by Gasteiger charge is -2.36. The number of amides is 2. The molecular formula is C18H25N3O4. The second-order valence-electron chi connectivity index (χ2n) is 6.69. The average Bonchev–Trinajstić information content (AvgIpc) is 2.96. The second-order valence-corrected chi connectivity index (χ2v) is 6.69. The Morgan fingerprint density at radius 3 is 2.68 bits per heavy atom. The van der Waals surface area contributed by atoms with Crippen molar-refractivity contribution in [2.45, 2.75) is 32.0 Å². The fourth-order valence-electron chi connectivity index (χ4n) is 3.79. The third-order valence-corrected chi connectivity index (χ3v) is 4.82. The number of nitrogens with one attached hydrogen (secondary N) is 1. The van der Waals surface area contributed by atoms with Crippen molar-refractivity contribution in [2.75, 3.05) is 33.9 Å². The second kappa shape index (κ2) is 7.31. The number of benzene rings is 1. The maximum Gasteiger partial charge on any atom is 0.237 e. The number of piperazine rings is 1. The lowest BCUT2D eigenvalue weighted by atomic mass is 10.1. The van der Waals surface area contributed by atoms with Gasteiger partial charge in [0, 0.05) is 38.6 Å². The minimum absolute atomic E-state index is 0.0421. The summed E-state index contributed by atoms with van der Waals surface area (Å²) in [6.07, 6.45) is 0.813. The predicted octanol–water partition coefficient (Wildman–Crippen LogP) is 0.625. The number of rotatable bonds is 5. The lowest BCUT2D eigenvalue weighted by molar-refractivity contribution is -0.138. The fourth-order valence-corrected chi connectivity index (χ4v) is 3.79. The number of methoxy groups -OCH3 is 2. The molecule has 1 aromatic rings. The van der Waals surface area contributed by atoms with E-state index in [-0.39, 0.29) is 23.9 Å². The van der Waals surface area contributed by atoms with Crippen molar-refractivity contribution in [3.63, 3.8) is 0 Å². The van der Waals surface area contributed by atoms with E-state index in [1.54, 1.807) is 14.2 Å². The molecule has 0 aromatic heterocycles. The first-order chi connectivity index (χ1) is 12.0. The number of hydrogen-bond acceptors (Lipinski definition) is 5. The number of fused-ring (bicyclic) bond motifs is 1. The van der Waals surface area contributed by atoms with Gasteiger partial charge in [-0.1, -0.05) is 6.07 Å². The zero-order valence-corrected chi connectivity index (χ0v) is 14.9. The van der Waals surface area contributed by atoms with E-state index in [1.165, 1.54) is 6.92 Å². The van der Waals surface area contributed by atoms with Crippen molar-refractivity contribution in [1.29, 1.82) is 0 Å². The Balaban J connectivity index is 1.65. The molecule has 1 aromatic carbocycles. The lowest BCUT2D eigenvalue weighted by Crippen LogP contribution is -2.53. The molecule has 2 atom stereocenters. The summed E-state index contributed by atoms with van der Waals surface area (Å²) in [6.45, 7) is 4.03. The Labute approximate surface area is 147 Å². The van der Waals surface area contributed by atoms with E-state index in [4.69, 9.17) is 9.47 Å². The third-order valence-electron chi connectivity index (χ3n) is 4.82. The van der Waals surface area contributed by atoms with Crippen LogP contribution in [0.2, 0.25) is 0 Å². The van der Waals surface area contributed by atoms with E-state index in [9.17, 15) is 9.59 Å². The molecule has 25 heavy (non-hydrogen) atoms. The Hall–Kier alpha value is -2.28. The summed E-state index contributed by atoms with van der Waals surface area (Å²) in [4.78, 5) is 27.8. The van der Waals surface area contributed by atoms with Crippen molar-refractivity contribution < 1.29 is 19.1 Å². The van der Waals surface area contributed by atoms with Crippen LogP contribution in [0, 0.1) is 0 Å². The summed E-state index contributed by atoms with van der Waals surface area (Å²) in [7, 11) is 3.23. The summed E-state index contributed by atoms with van der Waals surface area (Å²) in [6, 6.07) is 6.05. The molecule has 2 aliphatic rings. The maximum absolute atomic E-state index is 12.5. The van der Waals surface area contributed by atoms with Gasteiger partial charge in [0.2, 0.25) is 11.8 Å². The van der Waals surface area contributed by atoms with E-state index in [0.717, 1.165) is 18.5 Å². The summed E-state index contributed by atoms with van der Waals surface area (Å²) in [5, 5.41) is 2.93. The molecule has 0 bridgehead atoms. The molecule has 2 aliphatic heterocycles. The SMILES string of the molecule is COc1ccc(CN2CC(=O)N3CC(NC(C)=O)CC3C2)cc1OC. The van der Waals surface area contributed by atoms with Gasteiger partial charge in [0.15, 0.2) is 11.5 Å². The van der Waals surface area contributed by atoms with Crippen LogP contribution in [0.5, 0.6) is 11.5 Å². The molecule has 7 nitrogen and oxygen atoms in total. The van der Waals surface area contributed by atoms with Gasteiger partial charge in [0.05, 0.1) is 20.8 Å². The van der Waals surface area contributed by atoms with Crippen molar-refractivity contribution in [1.82, 2.24) is 15.1 Å². The van der Waals surface area contributed by atoms with Crippen LogP contribution in [0.3, 0.4) is 0 Å². The first-order valence-corrected chi connectivity index (χ1v) is 8.50. The molecule has 0 spiro atoms. The van der Waals surface area contributed by atoms with Gasteiger partial charge in [-0.25, -0.2) is 0 Å². The zero-order valence-electron chi connectivity index (χ0n) is 14.9. The maximum atomic E-state index is 12.5. The number of ether oxygens (including phenoxy) is 2. The highest BCUT2D eigenvalue weighted by atomic mass is 16.5. The largest absolute Gasteiger partial charge is 0.493 e. The third kappa shape index (κ3) is 3.87. The highest BCUT2D eigenvalue weighted by Gasteiger charge is 2.40. The highest BCUT2D eigenvalue weighted by Crippen LogP contribution is 2.29. The van der Waals surface area contributed by atoms with Gasteiger partial charge in [-0.2, -0.15) is 0 Å². The Bertz CT molecular complexity index is 664. The van der Waals surface area contributed by atoms with E-state index in [0.29, 0.717) is 31.1 Å². The molecule has 0 aliphatic carbocycles. The molecule has 1 N–H and O–H groups in total. The molecule has 0 radical (unpaired) electrons. The molecule has 2 amide bonds. The molecule has 7 heteroatoms. The summed E-state index contributed by atoms with van der Waals surface area (Å²) in [5.41, 5.74) is 1.08. The van der Waals surface area contributed by atoms with Gasteiger partial charge in [0.1, 0.15) is 0 Å². The van der Waals surface area contributed by atoms with Gasteiger partial charge in [-0.3, -0.25) is 14.5 Å². The molecular weight excluding hydrogens is 322 g/mol. The van der Waals surface area contributed by atoms with E-state index in [2.05, 4.69) is 10.2 Å². The standard InChI is InChI=1S/C18H25N3O4/c1-12(22)19-14-7-15-10-20(11-18(23)21(15)9-14)8-13-4-5-16(24-2)17(6-13)25-3/h4-6,14-15H,7-11H2,1-3H3,(H,19,22). The Morgan fingerprint density at radius 2 is 2.00 bits per heavy atom. The normalized spacial score (nSPS) is 23.3. The summed E-state index contributed by atoms with van der Waals surface area (Å²) >= 11 is 0. The number of carbonyl (C=O) groups excluding carboxylic acids is 2. The van der Waals surface area contributed by atoms with Crippen LogP contribution in [-0.4, -0.2) is 67.6 Å². The highest BCUT2D eigenvalue weighted by molar-refractivity contribution is 5.80. The van der Waals surface area contributed by atoms with Crippen LogP contribution in [-0.2, 0) is 16.1 Å². The van der Waals surface area contributed by atoms with Crippen LogP contribution >= 0.6 is 0 Å². The van der Waals surface area contributed by atoms with Crippen LogP contribution in [0.4, 0.5) is 0 Å².